The zero-order chi connectivity index (χ0) is 14.3. The average Bonchev–Trinajstić information content (AvgIpc) is 2.30. The van der Waals surface area contributed by atoms with Crippen LogP contribution in [0.15, 0.2) is 0 Å². The molecule has 18 heavy (non-hydrogen) atoms. The van der Waals surface area contributed by atoms with Crippen molar-refractivity contribution < 1.29 is 9.90 Å². The first-order valence-corrected chi connectivity index (χ1v) is 7.02. The van der Waals surface area contributed by atoms with Gasteiger partial charge in [-0.15, -0.1) is 0 Å². The summed E-state index contributed by atoms with van der Waals surface area (Å²) in [6, 6.07) is 0.773. The van der Waals surface area contributed by atoms with Crippen LogP contribution in [-0.2, 0) is 4.79 Å². The van der Waals surface area contributed by atoms with Gasteiger partial charge >= 0.3 is 5.97 Å². The molecule has 0 saturated carbocycles. The number of carboxylic acid groups (broad SMARTS) is 1. The molecule has 0 aliphatic carbocycles. The summed E-state index contributed by atoms with van der Waals surface area (Å²) in [5, 5.41) is 12.5. The van der Waals surface area contributed by atoms with Gasteiger partial charge in [-0.2, -0.15) is 0 Å². The van der Waals surface area contributed by atoms with Crippen LogP contribution >= 0.6 is 0 Å². The number of hydrogen-bond donors (Lipinski definition) is 2. The number of carboxylic acids is 1. The zero-order valence-electron chi connectivity index (χ0n) is 12.8. The van der Waals surface area contributed by atoms with Crippen molar-refractivity contribution in [3.8, 4) is 0 Å². The molecule has 108 valence electrons. The number of aliphatic carboxylic acids is 1. The Morgan fingerprint density at radius 1 is 1.33 bits per heavy atom. The normalized spacial score (nSPS) is 16.9. The third kappa shape index (κ3) is 4.58. The van der Waals surface area contributed by atoms with Crippen LogP contribution in [0.4, 0.5) is 0 Å². The summed E-state index contributed by atoms with van der Waals surface area (Å²) in [5.41, 5.74) is -0.839. The molecule has 2 N–H and O–H groups in total. The number of nitrogens with zero attached hydrogens (tertiary/aromatic N) is 1. The van der Waals surface area contributed by atoms with Gasteiger partial charge in [0.15, 0.2) is 0 Å². The van der Waals surface area contributed by atoms with Gasteiger partial charge in [0.1, 0.15) is 5.54 Å². The topological polar surface area (TPSA) is 52.6 Å². The minimum Gasteiger partial charge on any atom is -0.480 e. The Balaban J connectivity index is 4.69. The van der Waals surface area contributed by atoms with Gasteiger partial charge in [0.05, 0.1) is 0 Å². The second-order valence-corrected chi connectivity index (χ2v) is 5.36. The highest BCUT2D eigenvalue weighted by molar-refractivity contribution is 5.78. The van der Waals surface area contributed by atoms with Crippen LogP contribution in [0.25, 0.3) is 0 Å². The Morgan fingerprint density at radius 2 is 1.83 bits per heavy atom. The molecule has 4 heteroatoms. The Hall–Kier alpha value is -0.610. The molecule has 0 amide bonds. The highest BCUT2D eigenvalue weighted by atomic mass is 16.4. The monoisotopic (exact) mass is 258 g/mol. The summed E-state index contributed by atoms with van der Waals surface area (Å²) >= 11 is 0. The fourth-order valence-electron chi connectivity index (χ4n) is 2.58. The van der Waals surface area contributed by atoms with E-state index in [0.717, 1.165) is 12.8 Å². The second-order valence-electron chi connectivity index (χ2n) is 5.36. The zero-order valence-corrected chi connectivity index (χ0v) is 12.8. The van der Waals surface area contributed by atoms with E-state index < -0.39 is 11.5 Å². The van der Waals surface area contributed by atoms with E-state index in [1.165, 1.54) is 0 Å². The first kappa shape index (κ1) is 17.4. The van der Waals surface area contributed by atoms with Gasteiger partial charge in [0.25, 0.3) is 0 Å². The third-order valence-corrected chi connectivity index (χ3v) is 3.96. The Labute approximate surface area is 112 Å². The maximum absolute atomic E-state index is 11.4. The summed E-state index contributed by atoms with van der Waals surface area (Å²) in [4.78, 5) is 13.7. The molecular weight excluding hydrogens is 228 g/mol. The molecule has 0 bridgehead atoms. The predicted octanol–water partition coefficient (Wildman–Crippen LogP) is 2.34. The first-order chi connectivity index (χ1) is 8.32. The van der Waals surface area contributed by atoms with Crippen LogP contribution in [-0.4, -0.2) is 47.2 Å². The number of likely N-dealkylation sites (N-methyl/N-ethyl adjacent to an activating group) is 1. The van der Waals surface area contributed by atoms with Gasteiger partial charge in [-0.25, -0.2) is 0 Å². The molecular formula is C14H30N2O2. The maximum atomic E-state index is 11.4. The first-order valence-electron chi connectivity index (χ1n) is 7.02. The van der Waals surface area contributed by atoms with E-state index in [2.05, 4.69) is 38.0 Å². The van der Waals surface area contributed by atoms with E-state index in [1.807, 2.05) is 6.92 Å². The van der Waals surface area contributed by atoms with E-state index in [0.29, 0.717) is 19.0 Å². The van der Waals surface area contributed by atoms with Crippen LogP contribution in [0.1, 0.15) is 53.9 Å². The molecule has 0 fully saturated rings. The molecule has 0 aromatic heterocycles. The maximum Gasteiger partial charge on any atom is 0.323 e. The van der Waals surface area contributed by atoms with Gasteiger partial charge in [-0.3, -0.25) is 4.79 Å². The SMILES string of the molecule is CCNC(C)(CC(C)N(C)C(CC)CC)C(=O)O. The highest BCUT2D eigenvalue weighted by Crippen LogP contribution is 2.19. The summed E-state index contributed by atoms with van der Waals surface area (Å²) in [6.07, 6.45) is 2.81. The van der Waals surface area contributed by atoms with E-state index in [1.54, 1.807) is 6.92 Å². The molecule has 0 aliphatic rings. The second kappa shape index (κ2) is 7.74. The summed E-state index contributed by atoms with van der Waals surface area (Å²) in [7, 11) is 2.09. The smallest absolute Gasteiger partial charge is 0.323 e. The lowest BCUT2D eigenvalue weighted by Gasteiger charge is -2.37. The van der Waals surface area contributed by atoms with Gasteiger partial charge in [0, 0.05) is 12.1 Å². The van der Waals surface area contributed by atoms with Crippen molar-refractivity contribution in [3.05, 3.63) is 0 Å². The molecule has 2 atom stereocenters. The highest BCUT2D eigenvalue weighted by Gasteiger charge is 2.35. The summed E-state index contributed by atoms with van der Waals surface area (Å²) < 4.78 is 0. The summed E-state index contributed by atoms with van der Waals surface area (Å²) in [5.74, 6) is -0.769. The van der Waals surface area contributed by atoms with Crippen molar-refractivity contribution in [2.45, 2.75) is 71.5 Å². The minimum atomic E-state index is -0.839. The van der Waals surface area contributed by atoms with Gasteiger partial charge < -0.3 is 15.3 Å². The fourth-order valence-corrected chi connectivity index (χ4v) is 2.58. The van der Waals surface area contributed by atoms with Gasteiger partial charge in [-0.05, 0) is 46.7 Å². The number of hydrogen-bond acceptors (Lipinski definition) is 3. The number of carbonyl (C=O) groups is 1. The molecule has 4 nitrogen and oxygen atoms in total. The minimum absolute atomic E-state index is 0.245. The third-order valence-electron chi connectivity index (χ3n) is 3.96. The van der Waals surface area contributed by atoms with Crippen LogP contribution in [0, 0.1) is 0 Å². The van der Waals surface area contributed by atoms with Crippen molar-refractivity contribution in [1.29, 1.82) is 0 Å². The van der Waals surface area contributed by atoms with Crippen LogP contribution in [0.3, 0.4) is 0 Å². The van der Waals surface area contributed by atoms with E-state index in [4.69, 9.17) is 0 Å². The van der Waals surface area contributed by atoms with Crippen molar-refractivity contribution in [3.63, 3.8) is 0 Å². The largest absolute Gasteiger partial charge is 0.480 e. The van der Waals surface area contributed by atoms with Crippen molar-refractivity contribution in [2.24, 2.45) is 0 Å². The van der Waals surface area contributed by atoms with Crippen LogP contribution < -0.4 is 5.32 Å². The van der Waals surface area contributed by atoms with Crippen molar-refractivity contribution in [2.75, 3.05) is 13.6 Å². The molecule has 0 aromatic rings. The molecule has 0 aliphatic heterocycles. The molecule has 2 unspecified atom stereocenters. The molecule has 0 saturated heterocycles. The van der Waals surface area contributed by atoms with E-state index in [-0.39, 0.29) is 6.04 Å². The molecule has 0 aromatic carbocycles. The Morgan fingerprint density at radius 3 is 2.17 bits per heavy atom. The average molecular weight is 258 g/mol. The molecule has 0 spiro atoms. The standard InChI is InChI=1S/C14H30N2O2/c1-7-12(8-2)16(6)11(4)10-14(5,13(17)18)15-9-3/h11-12,15H,7-10H2,1-6H3,(H,17,18). The lowest BCUT2D eigenvalue weighted by Crippen LogP contribution is -2.54. The number of rotatable bonds is 9. The molecule has 0 rings (SSSR count). The van der Waals surface area contributed by atoms with E-state index >= 15 is 0 Å². The lowest BCUT2D eigenvalue weighted by atomic mass is 9.92. The Kier molecular flexibility index (Phi) is 7.48. The fraction of sp³-hybridized carbons (Fsp3) is 0.929. The number of nitrogens with one attached hydrogen (secondary N) is 1. The Bertz CT molecular complexity index is 254. The molecule has 0 radical (unpaired) electrons. The van der Waals surface area contributed by atoms with Gasteiger partial charge in [-0.1, -0.05) is 20.8 Å². The van der Waals surface area contributed by atoms with Gasteiger partial charge in [0.2, 0.25) is 0 Å². The van der Waals surface area contributed by atoms with Crippen molar-refractivity contribution in [1.82, 2.24) is 10.2 Å². The molecule has 0 heterocycles. The van der Waals surface area contributed by atoms with Crippen LogP contribution in [0.5, 0.6) is 0 Å². The van der Waals surface area contributed by atoms with Crippen LogP contribution in [0.2, 0.25) is 0 Å². The summed E-state index contributed by atoms with van der Waals surface area (Å²) in [6.45, 7) is 10.9. The quantitative estimate of drug-likeness (QED) is 0.666. The lowest BCUT2D eigenvalue weighted by molar-refractivity contribution is -0.145. The predicted molar refractivity (Wildman–Crippen MR) is 75.9 cm³/mol. The van der Waals surface area contributed by atoms with E-state index in [9.17, 15) is 9.90 Å². The van der Waals surface area contributed by atoms with Crippen molar-refractivity contribution >= 4 is 5.97 Å².